The molecule has 0 aliphatic carbocycles. The summed E-state index contributed by atoms with van der Waals surface area (Å²) in [6, 6.07) is 7.13. The first-order chi connectivity index (χ1) is 7.33. The number of rotatable bonds is 2. The Hall–Kier alpha value is -2.35. The van der Waals surface area contributed by atoms with Gasteiger partial charge in [0.05, 0.1) is 23.5 Å². The minimum absolute atomic E-state index is 0.000353. The van der Waals surface area contributed by atoms with Crippen LogP contribution in [0.4, 0.5) is 0 Å². The summed E-state index contributed by atoms with van der Waals surface area (Å²) in [6.45, 7) is -0.000353. The van der Waals surface area contributed by atoms with Gasteiger partial charge in [0.1, 0.15) is 12.1 Å². The van der Waals surface area contributed by atoms with E-state index in [-0.39, 0.29) is 12.5 Å². The number of nitrogens with one attached hydrogen (secondary N) is 2. The molecule has 1 heterocycles. The summed E-state index contributed by atoms with van der Waals surface area (Å²) in [6.07, 6.45) is 1.53. The Balaban J connectivity index is 2.39. The third-order valence-corrected chi connectivity index (χ3v) is 2.02. The SMILES string of the molecule is N#CCNC(=O)c1cccc2[nH]cnc12. The molecule has 0 spiro atoms. The summed E-state index contributed by atoms with van der Waals surface area (Å²) in [5, 5.41) is 10.8. The van der Waals surface area contributed by atoms with Crippen molar-refractivity contribution >= 4 is 16.9 Å². The molecule has 0 saturated heterocycles. The number of para-hydroxylation sites is 1. The van der Waals surface area contributed by atoms with Gasteiger partial charge < -0.3 is 10.3 Å². The third-order valence-electron chi connectivity index (χ3n) is 2.02. The van der Waals surface area contributed by atoms with Crippen LogP contribution < -0.4 is 5.32 Å². The average Bonchev–Trinajstić information content (AvgIpc) is 2.73. The van der Waals surface area contributed by atoms with Crippen LogP contribution in [0.3, 0.4) is 0 Å². The van der Waals surface area contributed by atoms with E-state index in [0.717, 1.165) is 5.52 Å². The molecule has 0 bridgehead atoms. The summed E-state index contributed by atoms with van der Waals surface area (Å²) in [5.74, 6) is -0.283. The molecule has 1 aromatic heterocycles. The Morgan fingerprint density at radius 3 is 3.27 bits per heavy atom. The van der Waals surface area contributed by atoms with E-state index in [2.05, 4.69) is 15.3 Å². The van der Waals surface area contributed by atoms with Gasteiger partial charge in [-0.15, -0.1) is 0 Å². The van der Waals surface area contributed by atoms with Crippen LogP contribution in [-0.4, -0.2) is 22.4 Å². The predicted molar refractivity (Wildman–Crippen MR) is 54.0 cm³/mol. The van der Waals surface area contributed by atoms with E-state index >= 15 is 0 Å². The number of imidazole rings is 1. The van der Waals surface area contributed by atoms with Crippen LogP contribution >= 0.6 is 0 Å². The molecule has 74 valence electrons. The van der Waals surface area contributed by atoms with Crippen LogP contribution in [0, 0.1) is 11.3 Å². The molecule has 5 nitrogen and oxygen atoms in total. The highest BCUT2D eigenvalue weighted by Gasteiger charge is 2.10. The Morgan fingerprint density at radius 2 is 2.47 bits per heavy atom. The Morgan fingerprint density at radius 1 is 1.60 bits per heavy atom. The average molecular weight is 200 g/mol. The first kappa shape index (κ1) is 9.21. The lowest BCUT2D eigenvalue weighted by Crippen LogP contribution is -2.23. The second kappa shape index (κ2) is 3.80. The maximum absolute atomic E-state index is 11.6. The molecule has 0 aliphatic rings. The number of benzene rings is 1. The lowest BCUT2D eigenvalue weighted by atomic mass is 10.1. The Bertz CT molecular complexity index is 538. The summed E-state index contributed by atoms with van der Waals surface area (Å²) < 4.78 is 0. The van der Waals surface area contributed by atoms with Gasteiger partial charge >= 0.3 is 0 Å². The number of fused-ring (bicyclic) bond motifs is 1. The number of aromatic amines is 1. The van der Waals surface area contributed by atoms with Gasteiger partial charge in [-0.1, -0.05) is 6.07 Å². The monoisotopic (exact) mass is 200 g/mol. The molecule has 15 heavy (non-hydrogen) atoms. The number of H-pyrrole nitrogens is 1. The highest BCUT2D eigenvalue weighted by Crippen LogP contribution is 2.13. The van der Waals surface area contributed by atoms with Gasteiger partial charge in [-0.3, -0.25) is 4.79 Å². The first-order valence-electron chi connectivity index (χ1n) is 4.40. The molecule has 0 radical (unpaired) electrons. The van der Waals surface area contributed by atoms with Gasteiger partial charge in [0, 0.05) is 0 Å². The zero-order chi connectivity index (χ0) is 10.7. The number of hydrogen-bond donors (Lipinski definition) is 2. The van der Waals surface area contributed by atoms with Crippen molar-refractivity contribution in [2.75, 3.05) is 6.54 Å². The molecule has 0 unspecified atom stereocenters. The fraction of sp³-hybridized carbons (Fsp3) is 0.100. The van der Waals surface area contributed by atoms with Gasteiger partial charge in [0.15, 0.2) is 0 Å². The summed E-state index contributed by atoms with van der Waals surface area (Å²) in [4.78, 5) is 18.6. The van der Waals surface area contributed by atoms with Crippen LogP contribution in [0.2, 0.25) is 0 Å². The molecular weight excluding hydrogens is 192 g/mol. The number of nitrogens with zero attached hydrogens (tertiary/aromatic N) is 2. The lowest BCUT2D eigenvalue weighted by molar-refractivity contribution is 0.0960. The molecule has 0 aliphatic heterocycles. The molecule has 0 fully saturated rings. The number of nitriles is 1. The van der Waals surface area contributed by atoms with Gasteiger partial charge in [-0.2, -0.15) is 5.26 Å². The third kappa shape index (κ3) is 1.65. The smallest absolute Gasteiger partial charge is 0.254 e. The van der Waals surface area contributed by atoms with Crippen LogP contribution in [0.1, 0.15) is 10.4 Å². The zero-order valence-corrected chi connectivity index (χ0v) is 7.82. The van der Waals surface area contributed by atoms with E-state index in [1.165, 1.54) is 6.33 Å². The highest BCUT2D eigenvalue weighted by molar-refractivity contribution is 6.04. The van der Waals surface area contributed by atoms with Crippen molar-refractivity contribution in [2.45, 2.75) is 0 Å². The van der Waals surface area contributed by atoms with Crippen molar-refractivity contribution in [3.05, 3.63) is 30.1 Å². The number of carbonyl (C=O) groups is 1. The van der Waals surface area contributed by atoms with Gasteiger partial charge in [0.25, 0.3) is 5.91 Å². The molecule has 2 aromatic rings. The van der Waals surface area contributed by atoms with Crippen molar-refractivity contribution in [3.8, 4) is 6.07 Å². The fourth-order valence-corrected chi connectivity index (χ4v) is 1.36. The molecule has 2 rings (SSSR count). The van der Waals surface area contributed by atoms with Gasteiger partial charge in [0.2, 0.25) is 0 Å². The minimum atomic E-state index is -0.283. The summed E-state index contributed by atoms with van der Waals surface area (Å²) in [5.41, 5.74) is 1.90. The number of aromatic nitrogens is 2. The second-order valence-electron chi connectivity index (χ2n) is 2.95. The topological polar surface area (TPSA) is 81.6 Å². The largest absolute Gasteiger partial charge is 0.345 e. The minimum Gasteiger partial charge on any atom is -0.345 e. The summed E-state index contributed by atoms with van der Waals surface area (Å²) in [7, 11) is 0. The predicted octanol–water partition coefficient (Wildman–Crippen LogP) is 0.816. The number of carbonyl (C=O) groups excluding carboxylic acids is 1. The van der Waals surface area contributed by atoms with Gasteiger partial charge in [-0.05, 0) is 12.1 Å². The lowest BCUT2D eigenvalue weighted by Gasteiger charge is -2.01. The maximum atomic E-state index is 11.6. The molecule has 1 aromatic carbocycles. The highest BCUT2D eigenvalue weighted by atomic mass is 16.1. The Kier molecular flexibility index (Phi) is 2.33. The maximum Gasteiger partial charge on any atom is 0.254 e. The normalized spacial score (nSPS) is 9.80. The second-order valence-corrected chi connectivity index (χ2v) is 2.95. The van der Waals surface area contributed by atoms with Crippen molar-refractivity contribution in [3.63, 3.8) is 0 Å². The standard InChI is InChI=1S/C10H8N4O/c11-4-5-12-10(15)7-2-1-3-8-9(7)14-6-13-8/h1-3,6H,5H2,(H,12,15)(H,13,14). The van der Waals surface area contributed by atoms with E-state index in [9.17, 15) is 4.79 Å². The Labute approximate surface area is 85.7 Å². The first-order valence-corrected chi connectivity index (χ1v) is 4.40. The van der Waals surface area contributed by atoms with Crippen LogP contribution in [-0.2, 0) is 0 Å². The molecule has 2 N–H and O–H groups in total. The molecule has 5 heteroatoms. The van der Waals surface area contributed by atoms with Gasteiger partial charge in [-0.25, -0.2) is 4.98 Å². The zero-order valence-electron chi connectivity index (χ0n) is 7.82. The van der Waals surface area contributed by atoms with Crippen LogP contribution in [0.15, 0.2) is 24.5 Å². The van der Waals surface area contributed by atoms with E-state index in [0.29, 0.717) is 11.1 Å². The summed E-state index contributed by atoms with van der Waals surface area (Å²) >= 11 is 0. The quantitative estimate of drug-likeness (QED) is 0.704. The molecule has 0 atom stereocenters. The van der Waals surface area contributed by atoms with Crippen LogP contribution in [0.25, 0.3) is 11.0 Å². The molecular formula is C10H8N4O. The fourth-order valence-electron chi connectivity index (χ4n) is 1.36. The van der Waals surface area contributed by atoms with E-state index < -0.39 is 0 Å². The van der Waals surface area contributed by atoms with Crippen molar-refractivity contribution in [1.29, 1.82) is 5.26 Å². The molecule has 1 amide bonds. The number of amides is 1. The van der Waals surface area contributed by atoms with Crippen molar-refractivity contribution in [2.24, 2.45) is 0 Å². The number of hydrogen-bond acceptors (Lipinski definition) is 3. The van der Waals surface area contributed by atoms with E-state index in [4.69, 9.17) is 5.26 Å². The van der Waals surface area contributed by atoms with Crippen molar-refractivity contribution < 1.29 is 4.79 Å². The molecule has 0 saturated carbocycles. The van der Waals surface area contributed by atoms with E-state index in [1.54, 1.807) is 12.1 Å². The van der Waals surface area contributed by atoms with Crippen LogP contribution in [0.5, 0.6) is 0 Å². The van der Waals surface area contributed by atoms with Crippen molar-refractivity contribution in [1.82, 2.24) is 15.3 Å². The van der Waals surface area contributed by atoms with E-state index in [1.807, 2.05) is 12.1 Å².